The fourth-order valence-corrected chi connectivity index (χ4v) is 1.64. The van der Waals surface area contributed by atoms with Gasteiger partial charge >= 0.3 is 6.03 Å². The third-order valence-corrected chi connectivity index (χ3v) is 2.82. The number of carbonyl (C=O) groups excluding carboxylic acids is 1. The van der Waals surface area contributed by atoms with E-state index in [9.17, 15) is 9.18 Å². The molecule has 1 unspecified atom stereocenters. The third kappa shape index (κ3) is 3.43. The second kappa shape index (κ2) is 6.35. The molecule has 0 radical (unpaired) electrons. The summed E-state index contributed by atoms with van der Waals surface area (Å²) >= 11 is 0. The van der Waals surface area contributed by atoms with Gasteiger partial charge in [0.15, 0.2) is 0 Å². The Hall–Kier alpha value is -1.62. The molecule has 0 aromatic heterocycles. The second-order valence-corrected chi connectivity index (χ2v) is 4.13. The molecule has 0 fully saturated rings. The van der Waals surface area contributed by atoms with Gasteiger partial charge in [0.2, 0.25) is 0 Å². The number of nitrogens with one attached hydrogen (secondary N) is 2. The van der Waals surface area contributed by atoms with E-state index in [1.807, 2.05) is 6.92 Å². The summed E-state index contributed by atoms with van der Waals surface area (Å²) in [5.41, 5.74) is -0.472. The van der Waals surface area contributed by atoms with Gasteiger partial charge in [-0.05, 0) is 19.9 Å². The van der Waals surface area contributed by atoms with E-state index in [2.05, 4.69) is 10.6 Å². The molecule has 0 aliphatic carbocycles. The van der Waals surface area contributed by atoms with Crippen LogP contribution in [0.2, 0.25) is 0 Å². The van der Waals surface area contributed by atoms with Crippen LogP contribution in [0.4, 0.5) is 9.18 Å². The SMILES string of the molecule is CCNC(=O)NCC(C)(OC)c1ccccc1F. The predicted octanol–water partition coefficient (Wildman–Crippen LogP) is 2.01. The van der Waals surface area contributed by atoms with Crippen LogP contribution in [0, 0.1) is 5.82 Å². The molecule has 5 heteroatoms. The Labute approximate surface area is 107 Å². The standard InChI is InChI=1S/C13H19FN2O2/c1-4-15-12(17)16-9-13(2,18-3)10-7-5-6-8-11(10)14/h5-8H,4,9H2,1-3H3,(H2,15,16,17). The zero-order valence-electron chi connectivity index (χ0n) is 10.9. The number of halogens is 1. The molecule has 1 rings (SSSR count). The maximum Gasteiger partial charge on any atom is 0.314 e. The van der Waals surface area contributed by atoms with Crippen molar-refractivity contribution in [1.29, 1.82) is 0 Å². The largest absolute Gasteiger partial charge is 0.372 e. The Morgan fingerprint density at radius 3 is 2.61 bits per heavy atom. The van der Waals surface area contributed by atoms with Crippen LogP contribution in [0.15, 0.2) is 24.3 Å². The Kier molecular flexibility index (Phi) is 5.09. The van der Waals surface area contributed by atoms with Crippen LogP contribution >= 0.6 is 0 Å². The lowest BCUT2D eigenvalue weighted by Gasteiger charge is -2.29. The van der Waals surface area contributed by atoms with Crippen molar-refractivity contribution in [3.8, 4) is 0 Å². The predicted molar refractivity (Wildman–Crippen MR) is 67.8 cm³/mol. The summed E-state index contributed by atoms with van der Waals surface area (Å²) in [6, 6.07) is 6.09. The minimum absolute atomic E-state index is 0.191. The van der Waals surface area contributed by atoms with Gasteiger partial charge in [-0.2, -0.15) is 0 Å². The maximum absolute atomic E-state index is 13.7. The molecule has 0 saturated carbocycles. The topological polar surface area (TPSA) is 50.4 Å². The molecule has 0 heterocycles. The van der Waals surface area contributed by atoms with E-state index in [4.69, 9.17) is 4.74 Å². The Balaban J connectivity index is 2.80. The van der Waals surface area contributed by atoms with Crippen LogP contribution in [0.5, 0.6) is 0 Å². The highest BCUT2D eigenvalue weighted by Crippen LogP contribution is 2.26. The first-order valence-corrected chi connectivity index (χ1v) is 5.85. The number of benzene rings is 1. The summed E-state index contributed by atoms with van der Waals surface area (Å²) in [4.78, 5) is 11.4. The number of hydrogen-bond donors (Lipinski definition) is 2. The average molecular weight is 254 g/mol. The van der Waals surface area contributed by atoms with E-state index < -0.39 is 5.60 Å². The third-order valence-electron chi connectivity index (χ3n) is 2.82. The highest BCUT2D eigenvalue weighted by atomic mass is 19.1. The minimum atomic E-state index is -0.892. The van der Waals surface area contributed by atoms with Gasteiger partial charge in [-0.25, -0.2) is 9.18 Å². The molecular formula is C13H19FN2O2. The second-order valence-electron chi connectivity index (χ2n) is 4.13. The Bertz CT molecular complexity index is 412. The van der Waals surface area contributed by atoms with Crippen LogP contribution in [0.25, 0.3) is 0 Å². The summed E-state index contributed by atoms with van der Waals surface area (Å²) in [7, 11) is 1.49. The van der Waals surface area contributed by atoms with Crippen LogP contribution in [0.1, 0.15) is 19.4 Å². The number of ether oxygens (including phenoxy) is 1. The van der Waals surface area contributed by atoms with Gasteiger partial charge in [-0.1, -0.05) is 18.2 Å². The number of urea groups is 1. The minimum Gasteiger partial charge on any atom is -0.372 e. The van der Waals surface area contributed by atoms with Crippen molar-refractivity contribution in [1.82, 2.24) is 10.6 Å². The van der Waals surface area contributed by atoms with Crippen LogP contribution < -0.4 is 10.6 Å². The van der Waals surface area contributed by atoms with E-state index in [1.165, 1.54) is 13.2 Å². The van der Waals surface area contributed by atoms with Gasteiger partial charge in [-0.15, -0.1) is 0 Å². The normalized spacial score (nSPS) is 13.8. The van der Waals surface area contributed by atoms with Crippen molar-refractivity contribution in [3.63, 3.8) is 0 Å². The quantitative estimate of drug-likeness (QED) is 0.844. The van der Waals surface area contributed by atoms with Gasteiger partial charge < -0.3 is 15.4 Å². The number of carbonyl (C=O) groups is 1. The summed E-state index contributed by atoms with van der Waals surface area (Å²) < 4.78 is 19.1. The summed E-state index contributed by atoms with van der Waals surface area (Å²) in [6.45, 7) is 4.29. The smallest absolute Gasteiger partial charge is 0.314 e. The van der Waals surface area contributed by atoms with E-state index in [0.29, 0.717) is 12.1 Å². The van der Waals surface area contributed by atoms with E-state index in [1.54, 1.807) is 25.1 Å². The summed E-state index contributed by atoms with van der Waals surface area (Å²) in [6.07, 6.45) is 0. The first-order valence-electron chi connectivity index (χ1n) is 5.85. The fourth-order valence-electron chi connectivity index (χ4n) is 1.64. The highest BCUT2D eigenvalue weighted by molar-refractivity contribution is 5.73. The molecule has 0 spiro atoms. The molecule has 18 heavy (non-hydrogen) atoms. The Morgan fingerprint density at radius 1 is 1.39 bits per heavy atom. The average Bonchev–Trinajstić information content (AvgIpc) is 2.37. The first-order chi connectivity index (χ1) is 8.53. The van der Waals surface area contributed by atoms with Crippen molar-refractivity contribution in [2.45, 2.75) is 19.4 Å². The molecule has 2 N–H and O–H groups in total. The van der Waals surface area contributed by atoms with E-state index >= 15 is 0 Å². The van der Waals surface area contributed by atoms with Crippen LogP contribution in [-0.4, -0.2) is 26.2 Å². The molecule has 1 atom stereocenters. The van der Waals surface area contributed by atoms with Gasteiger partial charge in [0.05, 0.1) is 6.54 Å². The lowest BCUT2D eigenvalue weighted by Crippen LogP contribution is -2.44. The zero-order chi connectivity index (χ0) is 13.6. The number of hydrogen-bond acceptors (Lipinski definition) is 2. The van der Waals surface area contributed by atoms with Gasteiger partial charge in [0.25, 0.3) is 0 Å². The van der Waals surface area contributed by atoms with Crippen molar-refractivity contribution in [2.24, 2.45) is 0 Å². The van der Waals surface area contributed by atoms with Crippen molar-refractivity contribution in [2.75, 3.05) is 20.2 Å². The van der Waals surface area contributed by atoms with Gasteiger partial charge in [0.1, 0.15) is 11.4 Å². The van der Waals surface area contributed by atoms with Crippen molar-refractivity contribution < 1.29 is 13.9 Å². The van der Waals surface area contributed by atoms with Crippen molar-refractivity contribution >= 4 is 6.03 Å². The molecule has 0 saturated heterocycles. The number of amides is 2. The fraction of sp³-hybridized carbons (Fsp3) is 0.462. The van der Waals surface area contributed by atoms with E-state index in [-0.39, 0.29) is 18.4 Å². The summed E-state index contributed by atoms with van der Waals surface area (Å²) in [5.74, 6) is -0.348. The highest BCUT2D eigenvalue weighted by Gasteiger charge is 2.29. The number of methoxy groups -OCH3 is 1. The molecule has 2 amide bonds. The summed E-state index contributed by atoms with van der Waals surface area (Å²) in [5, 5.41) is 5.27. The lowest BCUT2D eigenvalue weighted by atomic mass is 9.95. The molecule has 0 aliphatic rings. The molecular weight excluding hydrogens is 235 g/mol. The van der Waals surface area contributed by atoms with Crippen LogP contribution in [-0.2, 0) is 10.3 Å². The molecule has 100 valence electrons. The monoisotopic (exact) mass is 254 g/mol. The van der Waals surface area contributed by atoms with Gasteiger partial charge in [-0.3, -0.25) is 0 Å². The molecule has 0 bridgehead atoms. The number of rotatable bonds is 5. The van der Waals surface area contributed by atoms with Gasteiger partial charge in [0, 0.05) is 19.2 Å². The molecule has 1 aromatic rings. The lowest BCUT2D eigenvalue weighted by molar-refractivity contribution is 0.00205. The van der Waals surface area contributed by atoms with Crippen molar-refractivity contribution in [3.05, 3.63) is 35.6 Å². The molecule has 4 nitrogen and oxygen atoms in total. The zero-order valence-corrected chi connectivity index (χ0v) is 10.9. The van der Waals surface area contributed by atoms with E-state index in [0.717, 1.165) is 0 Å². The molecule has 0 aliphatic heterocycles. The Morgan fingerprint density at radius 2 is 2.06 bits per heavy atom. The molecule has 1 aromatic carbocycles. The first kappa shape index (κ1) is 14.4. The maximum atomic E-state index is 13.7. The van der Waals surface area contributed by atoms with Crippen LogP contribution in [0.3, 0.4) is 0 Å².